The lowest BCUT2D eigenvalue weighted by Crippen LogP contribution is -2.49. The van der Waals surface area contributed by atoms with E-state index in [1.807, 2.05) is 29.3 Å². The number of thiophene rings is 1. The molecule has 2 aromatic rings. The molecule has 140 valence electrons. The Balaban J connectivity index is 1.63. The molecule has 1 aliphatic rings. The Morgan fingerprint density at radius 1 is 1.19 bits per heavy atom. The van der Waals surface area contributed by atoms with Gasteiger partial charge in [0.1, 0.15) is 5.75 Å². The number of Topliss-reactive ketones (excluding diaryl/α,β-unsaturated/α-hetero) is 1. The van der Waals surface area contributed by atoms with Gasteiger partial charge in [0.15, 0.2) is 5.78 Å². The molecule has 26 heavy (non-hydrogen) atoms. The van der Waals surface area contributed by atoms with E-state index in [-0.39, 0.29) is 10.7 Å². The number of piperazine rings is 1. The standard InChI is InChI=1S/C18H22N2O4S2/c1-14-12-15(5-6-17(14)24-2)26(22,23)20-9-7-19(8-10-20)13-16(21)18-4-3-11-25-18/h3-6,11-12H,7-10,13H2,1-2H3. The average molecular weight is 395 g/mol. The largest absolute Gasteiger partial charge is 0.496 e. The van der Waals surface area contributed by atoms with Crippen molar-refractivity contribution < 1.29 is 17.9 Å². The minimum absolute atomic E-state index is 0.0853. The molecule has 8 heteroatoms. The lowest BCUT2D eigenvalue weighted by Gasteiger charge is -2.33. The van der Waals surface area contributed by atoms with Crippen molar-refractivity contribution in [2.24, 2.45) is 0 Å². The van der Waals surface area contributed by atoms with Crippen LogP contribution < -0.4 is 4.74 Å². The summed E-state index contributed by atoms with van der Waals surface area (Å²) in [7, 11) is -1.97. The summed E-state index contributed by atoms with van der Waals surface area (Å²) in [4.78, 5) is 15.2. The molecule has 0 atom stereocenters. The van der Waals surface area contributed by atoms with Crippen LogP contribution in [0.5, 0.6) is 5.75 Å². The van der Waals surface area contributed by atoms with Crippen molar-refractivity contribution in [1.82, 2.24) is 9.21 Å². The molecule has 6 nitrogen and oxygen atoms in total. The summed E-state index contributed by atoms with van der Waals surface area (Å²) < 4.78 is 32.4. The average Bonchev–Trinajstić information content (AvgIpc) is 3.17. The van der Waals surface area contributed by atoms with Crippen molar-refractivity contribution in [1.29, 1.82) is 0 Å². The van der Waals surface area contributed by atoms with Crippen molar-refractivity contribution in [3.05, 3.63) is 46.2 Å². The molecule has 0 N–H and O–H groups in total. The highest BCUT2D eigenvalue weighted by Crippen LogP contribution is 2.24. The minimum atomic E-state index is -3.54. The van der Waals surface area contributed by atoms with Crippen LogP contribution in [0.1, 0.15) is 15.2 Å². The number of carbonyl (C=O) groups is 1. The van der Waals surface area contributed by atoms with Gasteiger partial charge in [-0.05, 0) is 42.1 Å². The fourth-order valence-electron chi connectivity index (χ4n) is 3.01. The smallest absolute Gasteiger partial charge is 0.243 e. The van der Waals surface area contributed by atoms with Gasteiger partial charge in [-0.3, -0.25) is 9.69 Å². The van der Waals surface area contributed by atoms with Crippen LogP contribution in [0.3, 0.4) is 0 Å². The van der Waals surface area contributed by atoms with Crippen LogP contribution in [0.4, 0.5) is 0 Å². The van der Waals surface area contributed by atoms with Crippen molar-refractivity contribution in [3.63, 3.8) is 0 Å². The van der Waals surface area contributed by atoms with Gasteiger partial charge in [0.2, 0.25) is 10.0 Å². The number of sulfonamides is 1. The van der Waals surface area contributed by atoms with E-state index in [1.165, 1.54) is 15.6 Å². The number of benzene rings is 1. The molecule has 1 saturated heterocycles. The molecule has 0 aliphatic carbocycles. The van der Waals surface area contributed by atoms with Gasteiger partial charge in [-0.1, -0.05) is 6.07 Å². The Bertz CT molecular complexity index is 871. The Morgan fingerprint density at radius 2 is 1.92 bits per heavy atom. The molecule has 0 unspecified atom stereocenters. The van der Waals surface area contributed by atoms with Gasteiger partial charge in [0, 0.05) is 26.2 Å². The molecule has 1 fully saturated rings. The zero-order valence-electron chi connectivity index (χ0n) is 14.8. The van der Waals surface area contributed by atoms with Crippen LogP contribution in [0.2, 0.25) is 0 Å². The van der Waals surface area contributed by atoms with E-state index in [4.69, 9.17) is 4.74 Å². The molecule has 0 spiro atoms. The lowest BCUT2D eigenvalue weighted by molar-refractivity contribution is 0.0905. The summed E-state index contributed by atoms with van der Waals surface area (Å²) in [5.74, 6) is 0.753. The van der Waals surface area contributed by atoms with E-state index in [1.54, 1.807) is 25.3 Å². The van der Waals surface area contributed by atoms with E-state index >= 15 is 0 Å². The molecule has 3 rings (SSSR count). The molecule has 0 saturated carbocycles. The number of aryl methyl sites for hydroxylation is 1. The van der Waals surface area contributed by atoms with Crippen LogP contribution in [0.15, 0.2) is 40.6 Å². The van der Waals surface area contributed by atoms with Crippen LogP contribution >= 0.6 is 11.3 Å². The van der Waals surface area contributed by atoms with Gasteiger partial charge in [0.25, 0.3) is 0 Å². The zero-order valence-corrected chi connectivity index (χ0v) is 16.5. The van der Waals surface area contributed by atoms with Crippen LogP contribution in [0.25, 0.3) is 0 Å². The fourth-order valence-corrected chi connectivity index (χ4v) is 5.17. The minimum Gasteiger partial charge on any atom is -0.496 e. The fraction of sp³-hybridized carbons (Fsp3) is 0.389. The summed E-state index contributed by atoms with van der Waals surface area (Å²) in [5.41, 5.74) is 0.786. The number of ether oxygens (including phenoxy) is 1. The molecule has 0 radical (unpaired) electrons. The first-order chi connectivity index (χ1) is 12.4. The number of hydrogen-bond donors (Lipinski definition) is 0. The number of carbonyl (C=O) groups excluding carboxylic acids is 1. The third kappa shape index (κ3) is 3.98. The SMILES string of the molecule is COc1ccc(S(=O)(=O)N2CCN(CC(=O)c3cccs3)CC2)cc1C. The summed E-state index contributed by atoms with van der Waals surface area (Å²) in [6.45, 7) is 4.01. The predicted molar refractivity (Wildman–Crippen MR) is 102 cm³/mol. The number of ketones is 1. The number of nitrogens with zero attached hydrogens (tertiary/aromatic N) is 2. The van der Waals surface area contributed by atoms with Gasteiger partial charge >= 0.3 is 0 Å². The number of hydrogen-bond acceptors (Lipinski definition) is 6. The molecule has 0 bridgehead atoms. The molecular formula is C18H22N2O4S2. The highest BCUT2D eigenvalue weighted by molar-refractivity contribution is 7.89. The highest BCUT2D eigenvalue weighted by Gasteiger charge is 2.29. The second-order valence-corrected chi connectivity index (χ2v) is 9.10. The van der Waals surface area contributed by atoms with Gasteiger partial charge in [-0.25, -0.2) is 8.42 Å². The van der Waals surface area contributed by atoms with Gasteiger partial charge in [-0.15, -0.1) is 11.3 Å². The first-order valence-corrected chi connectivity index (χ1v) is 10.7. The Morgan fingerprint density at radius 3 is 2.50 bits per heavy atom. The predicted octanol–water partition coefficient (Wildman–Crippen LogP) is 2.25. The van der Waals surface area contributed by atoms with Crippen LogP contribution in [-0.2, 0) is 10.0 Å². The maximum absolute atomic E-state index is 12.9. The monoisotopic (exact) mass is 394 g/mol. The quantitative estimate of drug-likeness (QED) is 0.703. The van der Waals surface area contributed by atoms with E-state index in [2.05, 4.69) is 0 Å². The maximum Gasteiger partial charge on any atom is 0.243 e. The Hall–Kier alpha value is -1.74. The molecule has 0 amide bonds. The molecule has 2 heterocycles. The van der Waals surface area contributed by atoms with Crippen LogP contribution in [0, 0.1) is 6.92 Å². The normalized spacial score (nSPS) is 16.5. The van der Waals surface area contributed by atoms with Crippen molar-refractivity contribution in [3.8, 4) is 5.75 Å². The molecule has 1 aliphatic heterocycles. The lowest BCUT2D eigenvalue weighted by atomic mass is 10.2. The second kappa shape index (κ2) is 7.87. The first-order valence-electron chi connectivity index (χ1n) is 8.35. The van der Waals surface area contributed by atoms with Gasteiger partial charge < -0.3 is 4.74 Å². The summed E-state index contributed by atoms with van der Waals surface area (Å²) in [6, 6.07) is 8.58. The molecule has 1 aromatic carbocycles. The number of methoxy groups -OCH3 is 1. The molecule has 1 aromatic heterocycles. The second-order valence-electron chi connectivity index (χ2n) is 6.21. The van der Waals surface area contributed by atoms with Gasteiger partial charge in [-0.2, -0.15) is 4.31 Å². The highest BCUT2D eigenvalue weighted by atomic mass is 32.2. The Labute approximate surface area is 158 Å². The van der Waals surface area contributed by atoms with Crippen molar-refractivity contribution in [2.75, 3.05) is 39.8 Å². The Kier molecular flexibility index (Phi) is 5.76. The van der Waals surface area contributed by atoms with E-state index in [9.17, 15) is 13.2 Å². The third-order valence-corrected chi connectivity index (χ3v) is 7.30. The number of rotatable bonds is 6. The van der Waals surface area contributed by atoms with Gasteiger partial charge in [0.05, 0.1) is 23.4 Å². The van der Waals surface area contributed by atoms with Crippen molar-refractivity contribution in [2.45, 2.75) is 11.8 Å². The van der Waals surface area contributed by atoms with E-state index in [0.717, 1.165) is 10.4 Å². The molecular weight excluding hydrogens is 372 g/mol. The van der Waals surface area contributed by atoms with E-state index < -0.39 is 10.0 Å². The summed E-state index contributed by atoms with van der Waals surface area (Å²) in [6.07, 6.45) is 0. The first kappa shape index (κ1) is 19.0. The summed E-state index contributed by atoms with van der Waals surface area (Å²) >= 11 is 1.43. The van der Waals surface area contributed by atoms with Crippen molar-refractivity contribution >= 4 is 27.1 Å². The third-order valence-electron chi connectivity index (χ3n) is 4.50. The van der Waals surface area contributed by atoms with E-state index in [0.29, 0.717) is 38.5 Å². The van der Waals surface area contributed by atoms with Crippen LogP contribution in [-0.4, -0.2) is 63.2 Å². The topological polar surface area (TPSA) is 66.9 Å². The zero-order chi connectivity index (χ0) is 18.7. The summed E-state index contributed by atoms with van der Waals surface area (Å²) in [5, 5.41) is 1.88. The maximum atomic E-state index is 12.9.